The van der Waals surface area contributed by atoms with Gasteiger partial charge in [0.25, 0.3) is 0 Å². The Kier molecular flexibility index (Phi) is 3.15. The minimum atomic E-state index is -0.110. The van der Waals surface area contributed by atoms with Gasteiger partial charge in [-0.2, -0.15) is 0 Å². The minimum absolute atomic E-state index is 0.110. The molecule has 1 aromatic carbocycles. The van der Waals surface area contributed by atoms with Crippen molar-refractivity contribution in [3.63, 3.8) is 0 Å². The zero-order valence-electron chi connectivity index (χ0n) is 10.1. The van der Waals surface area contributed by atoms with Gasteiger partial charge in [-0.15, -0.1) is 0 Å². The number of benzene rings is 1. The van der Waals surface area contributed by atoms with Crippen molar-refractivity contribution in [3.8, 4) is 0 Å². The Labute approximate surface area is 96.5 Å². The molecule has 0 amide bonds. The third-order valence-corrected chi connectivity index (χ3v) is 3.18. The summed E-state index contributed by atoms with van der Waals surface area (Å²) in [4.78, 5) is 2.15. The van der Waals surface area contributed by atoms with Gasteiger partial charge in [-0.3, -0.25) is 0 Å². The monoisotopic (exact) mass is 222 g/mol. The van der Waals surface area contributed by atoms with E-state index in [0.29, 0.717) is 12.1 Å². The first-order valence-electron chi connectivity index (χ1n) is 5.84. The van der Waals surface area contributed by atoms with E-state index in [1.165, 1.54) is 0 Å². The van der Waals surface area contributed by atoms with E-state index in [9.17, 15) is 4.39 Å². The number of hydrogen-bond donors (Lipinski definition) is 1. The van der Waals surface area contributed by atoms with E-state index in [4.69, 9.17) is 0 Å². The third kappa shape index (κ3) is 2.19. The maximum absolute atomic E-state index is 13.9. The summed E-state index contributed by atoms with van der Waals surface area (Å²) in [6.45, 7) is 7.94. The topological polar surface area (TPSA) is 15.3 Å². The molecule has 2 nitrogen and oxygen atoms in total. The Bertz CT molecular complexity index is 378. The van der Waals surface area contributed by atoms with Crippen LogP contribution in [0.5, 0.6) is 0 Å². The van der Waals surface area contributed by atoms with Crippen molar-refractivity contribution >= 4 is 5.69 Å². The quantitative estimate of drug-likeness (QED) is 0.784. The van der Waals surface area contributed by atoms with Crippen LogP contribution in [0.3, 0.4) is 0 Å². The maximum Gasteiger partial charge on any atom is 0.146 e. The summed E-state index contributed by atoms with van der Waals surface area (Å²) in [5, 5.41) is 3.40. The van der Waals surface area contributed by atoms with Crippen LogP contribution in [0, 0.1) is 12.7 Å². The molecule has 0 aliphatic carbocycles. The fourth-order valence-corrected chi connectivity index (χ4v) is 2.20. The van der Waals surface area contributed by atoms with Gasteiger partial charge in [0.05, 0.1) is 5.69 Å². The summed E-state index contributed by atoms with van der Waals surface area (Å²) in [5.74, 6) is -0.110. The van der Waals surface area contributed by atoms with Crippen LogP contribution in [-0.2, 0) is 0 Å². The molecule has 1 aliphatic rings. The van der Waals surface area contributed by atoms with E-state index < -0.39 is 0 Å². The lowest BCUT2D eigenvalue weighted by Gasteiger charge is -2.39. The van der Waals surface area contributed by atoms with Crippen molar-refractivity contribution in [1.29, 1.82) is 0 Å². The summed E-state index contributed by atoms with van der Waals surface area (Å²) < 4.78 is 13.9. The second-order valence-electron chi connectivity index (χ2n) is 4.77. The fraction of sp³-hybridized carbons (Fsp3) is 0.538. The predicted octanol–water partition coefficient (Wildman–Crippen LogP) is 2.32. The second kappa shape index (κ2) is 4.42. The number of anilines is 1. The van der Waals surface area contributed by atoms with Crippen molar-refractivity contribution in [3.05, 3.63) is 29.6 Å². The molecule has 16 heavy (non-hydrogen) atoms. The number of nitrogens with zero attached hydrogens (tertiary/aromatic N) is 1. The lowest BCUT2D eigenvalue weighted by Crippen LogP contribution is -2.54. The Morgan fingerprint density at radius 3 is 2.81 bits per heavy atom. The van der Waals surface area contributed by atoms with Gasteiger partial charge in [0.15, 0.2) is 0 Å². The average molecular weight is 222 g/mol. The number of piperazine rings is 1. The van der Waals surface area contributed by atoms with Crippen LogP contribution >= 0.6 is 0 Å². The average Bonchev–Trinajstić information content (AvgIpc) is 2.22. The summed E-state index contributed by atoms with van der Waals surface area (Å²) in [5.41, 5.74) is 1.70. The number of rotatable bonds is 1. The largest absolute Gasteiger partial charge is 0.364 e. The van der Waals surface area contributed by atoms with Gasteiger partial charge in [0.2, 0.25) is 0 Å². The smallest absolute Gasteiger partial charge is 0.146 e. The van der Waals surface area contributed by atoms with Crippen molar-refractivity contribution < 1.29 is 4.39 Å². The molecular weight excluding hydrogens is 203 g/mol. The first-order chi connectivity index (χ1) is 7.58. The van der Waals surface area contributed by atoms with Crippen molar-refractivity contribution in [2.45, 2.75) is 32.9 Å². The van der Waals surface area contributed by atoms with Gasteiger partial charge < -0.3 is 10.2 Å². The van der Waals surface area contributed by atoms with Gasteiger partial charge in [-0.05, 0) is 38.5 Å². The SMILES string of the molecule is Cc1ccc(N2CC(C)NCC2C)c(F)c1. The lowest BCUT2D eigenvalue weighted by atomic mass is 10.1. The molecule has 2 atom stereocenters. The van der Waals surface area contributed by atoms with Crippen LogP contribution in [0.1, 0.15) is 19.4 Å². The highest BCUT2D eigenvalue weighted by atomic mass is 19.1. The molecule has 0 aromatic heterocycles. The van der Waals surface area contributed by atoms with Gasteiger partial charge in [-0.1, -0.05) is 6.07 Å². The predicted molar refractivity (Wildman–Crippen MR) is 65.4 cm³/mol. The minimum Gasteiger partial charge on any atom is -0.364 e. The van der Waals surface area contributed by atoms with E-state index in [1.807, 2.05) is 19.1 Å². The standard InChI is InChI=1S/C13H19FN2/c1-9-4-5-13(12(14)6-9)16-8-10(2)15-7-11(16)3/h4-6,10-11,15H,7-8H2,1-3H3. The molecule has 1 heterocycles. The number of halogens is 1. The van der Waals surface area contributed by atoms with Crippen molar-refractivity contribution in [1.82, 2.24) is 5.32 Å². The summed E-state index contributed by atoms with van der Waals surface area (Å²) in [7, 11) is 0. The van der Waals surface area contributed by atoms with E-state index in [0.717, 1.165) is 24.3 Å². The van der Waals surface area contributed by atoms with E-state index >= 15 is 0 Å². The summed E-state index contributed by atoms with van der Waals surface area (Å²) in [6.07, 6.45) is 0. The van der Waals surface area contributed by atoms with Gasteiger partial charge in [0, 0.05) is 25.2 Å². The molecule has 0 spiro atoms. The van der Waals surface area contributed by atoms with Crippen molar-refractivity contribution in [2.75, 3.05) is 18.0 Å². The Balaban J connectivity index is 2.28. The van der Waals surface area contributed by atoms with Crippen molar-refractivity contribution in [2.24, 2.45) is 0 Å². The highest BCUT2D eigenvalue weighted by Gasteiger charge is 2.24. The molecule has 0 saturated carbocycles. The van der Waals surface area contributed by atoms with E-state index in [1.54, 1.807) is 6.07 Å². The molecule has 88 valence electrons. The van der Waals surface area contributed by atoms with E-state index in [-0.39, 0.29) is 5.82 Å². The fourth-order valence-electron chi connectivity index (χ4n) is 2.20. The number of hydrogen-bond acceptors (Lipinski definition) is 2. The first-order valence-corrected chi connectivity index (χ1v) is 5.84. The van der Waals surface area contributed by atoms with Crippen LogP contribution in [0.15, 0.2) is 18.2 Å². The molecule has 1 saturated heterocycles. The molecule has 1 fully saturated rings. The van der Waals surface area contributed by atoms with Crippen LogP contribution in [0.2, 0.25) is 0 Å². The molecule has 1 N–H and O–H groups in total. The molecule has 0 bridgehead atoms. The molecule has 1 aromatic rings. The van der Waals surface area contributed by atoms with Gasteiger partial charge in [0.1, 0.15) is 5.82 Å². The zero-order chi connectivity index (χ0) is 11.7. The normalized spacial score (nSPS) is 25.9. The maximum atomic E-state index is 13.9. The number of nitrogens with one attached hydrogen (secondary N) is 1. The van der Waals surface area contributed by atoms with Crippen LogP contribution in [0.4, 0.5) is 10.1 Å². The molecular formula is C13H19FN2. The lowest BCUT2D eigenvalue weighted by molar-refractivity contribution is 0.420. The molecule has 2 rings (SSSR count). The van der Waals surface area contributed by atoms with Crippen LogP contribution < -0.4 is 10.2 Å². The second-order valence-corrected chi connectivity index (χ2v) is 4.77. The Morgan fingerprint density at radius 2 is 2.12 bits per heavy atom. The Morgan fingerprint density at radius 1 is 1.38 bits per heavy atom. The van der Waals surface area contributed by atoms with Crippen LogP contribution in [0.25, 0.3) is 0 Å². The number of aryl methyl sites for hydroxylation is 1. The summed E-state index contributed by atoms with van der Waals surface area (Å²) >= 11 is 0. The summed E-state index contributed by atoms with van der Waals surface area (Å²) in [6, 6.07) is 6.22. The van der Waals surface area contributed by atoms with Gasteiger partial charge >= 0.3 is 0 Å². The molecule has 0 radical (unpaired) electrons. The highest BCUT2D eigenvalue weighted by molar-refractivity contribution is 5.50. The molecule has 2 unspecified atom stereocenters. The zero-order valence-corrected chi connectivity index (χ0v) is 10.1. The van der Waals surface area contributed by atoms with Crippen LogP contribution in [-0.4, -0.2) is 25.2 Å². The molecule has 3 heteroatoms. The Hall–Kier alpha value is -1.09. The van der Waals surface area contributed by atoms with E-state index in [2.05, 4.69) is 24.1 Å². The van der Waals surface area contributed by atoms with Gasteiger partial charge in [-0.25, -0.2) is 4.39 Å². The molecule has 1 aliphatic heterocycles. The third-order valence-electron chi connectivity index (χ3n) is 3.18. The highest BCUT2D eigenvalue weighted by Crippen LogP contribution is 2.24. The first kappa shape index (κ1) is 11.4.